The Kier molecular flexibility index (Phi) is 7.56. The Labute approximate surface area is 178 Å². The molecule has 0 unspecified atom stereocenters. The van der Waals surface area contributed by atoms with Gasteiger partial charge in [0.15, 0.2) is 0 Å². The molecule has 2 N–H and O–H groups in total. The third-order valence-corrected chi connectivity index (χ3v) is 4.25. The minimum atomic E-state index is -8.48. The third-order valence-electron chi connectivity index (χ3n) is 4.25. The summed E-state index contributed by atoms with van der Waals surface area (Å²) in [5, 5.41) is 10.3. The summed E-state index contributed by atoms with van der Waals surface area (Å²) in [6.07, 6.45) is -9.69. The predicted octanol–water partition coefficient (Wildman–Crippen LogP) is 5.21. The van der Waals surface area contributed by atoms with Gasteiger partial charge in [-0.1, -0.05) is 30.3 Å². The summed E-state index contributed by atoms with van der Waals surface area (Å²) in [6, 6.07) is 6.01. The molecule has 0 saturated heterocycles. The molecule has 1 aromatic carbocycles. The predicted molar refractivity (Wildman–Crippen MR) is 80.1 cm³/mol. The second-order valence-electron chi connectivity index (χ2n) is 6.58. The van der Waals surface area contributed by atoms with Gasteiger partial charge in [0.25, 0.3) is 5.91 Å². The number of benzene rings is 1. The van der Waals surface area contributed by atoms with Crippen LogP contribution in [0.3, 0.4) is 0 Å². The molecule has 1 amide bonds. The number of hydrogen-bond donors (Lipinski definition) is 2. The third kappa shape index (κ3) is 4.35. The average Bonchev–Trinajstić information content (AvgIpc) is 2.70. The van der Waals surface area contributed by atoms with Crippen LogP contribution in [-0.2, 0) is 4.79 Å². The fraction of sp³-hybridized carbons (Fsp3) is 0.562. The van der Waals surface area contributed by atoms with Gasteiger partial charge >= 0.3 is 41.7 Å². The van der Waals surface area contributed by atoms with Gasteiger partial charge in [-0.05, 0) is 5.56 Å². The van der Waals surface area contributed by atoms with Crippen molar-refractivity contribution < 1.29 is 75.8 Å². The fourth-order valence-electron chi connectivity index (χ4n) is 2.20. The number of amides is 1. The molecule has 0 saturated carbocycles. The molecule has 3 nitrogen and oxygen atoms in total. The van der Waals surface area contributed by atoms with E-state index in [4.69, 9.17) is 0 Å². The van der Waals surface area contributed by atoms with Crippen LogP contribution in [0.25, 0.3) is 0 Å². The van der Waals surface area contributed by atoms with Crippen LogP contribution in [0, 0.1) is 0 Å². The molecule has 0 radical (unpaired) electrons. The molecule has 1 rings (SSSR count). The monoisotopic (exact) mass is 533 g/mol. The number of nitrogens with one attached hydrogen (secondary N) is 1. The van der Waals surface area contributed by atoms with Crippen molar-refractivity contribution in [3.63, 3.8) is 0 Å². The largest absolute Gasteiger partial charge is 0.460 e. The lowest BCUT2D eigenvalue weighted by atomic mass is 9.91. The highest BCUT2D eigenvalue weighted by Gasteiger charge is 2.94. The van der Waals surface area contributed by atoms with Gasteiger partial charge in [0.1, 0.15) is 0 Å². The van der Waals surface area contributed by atoms with Gasteiger partial charge in [-0.25, -0.2) is 0 Å². The Balaban J connectivity index is 3.31. The second kappa shape index (κ2) is 8.67. The van der Waals surface area contributed by atoms with Gasteiger partial charge in [0, 0.05) is 6.54 Å². The molecule has 18 heteroatoms. The highest BCUT2D eigenvalue weighted by molar-refractivity contribution is 5.84. The minimum absolute atomic E-state index is 0.177. The molecule has 196 valence electrons. The molecule has 0 aliphatic carbocycles. The second-order valence-corrected chi connectivity index (χ2v) is 6.58. The highest BCUT2D eigenvalue weighted by Crippen LogP contribution is 2.62. The van der Waals surface area contributed by atoms with Crippen molar-refractivity contribution in [1.29, 1.82) is 0 Å². The van der Waals surface area contributed by atoms with Crippen LogP contribution < -0.4 is 5.32 Å². The normalized spacial score (nSPS) is 15.8. The van der Waals surface area contributed by atoms with Gasteiger partial charge in [-0.2, -0.15) is 65.9 Å². The van der Waals surface area contributed by atoms with E-state index >= 15 is 0 Å². The van der Waals surface area contributed by atoms with Crippen LogP contribution in [0.2, 0.25) is 0 Å². The number of rotatable bonds is 9. The number of hydrogen-bond acceptors (Lipinski definition) is 2. The molecular weight excluding hydrogens is 523 g/mol. The molecule has 0 bridgehead atoms. The SMILES string of the molecule is O=C(NC[C@H](O)c1ccccc1)C(F)(F)C(F)(F)C(F)(F)C(F)(F)C(F)(F)C(F)(F)C(F)(F)F. The van der Waals surface area contributed by atoms with E-state index in [1.807, 2.05) is 0 Å². The molecule has 1 aromatic rings. The van der Waals surface area contributed by atoms with Crippen LogP contribution in [-0.4, -0.2) is 59.3 Å². The summed E-state index contributed by atoms with van der Waals surface area (Å²) in [5.41, 5.74) is -0.177. The van der Waals surface area contributed by atoms with E-state index in [2.05, 4.69) is 0 Å². The van der Waals surface area contributed by atoms with E-state index in [0.29, 0.717) is 0 Å². The Morgan fingerprint density at radius 2 is 1.06 bits per heavy atom. The number of carbonyl (C=O) groups excluding carboxylic acids is 1. The van der Waals surface area contributed by atoms with Crippen molar-refractivity contribution in [1.82, 2.24) is 5.32 Å². The minimum Gasteiger partial charge on any atom is -0.387 e. The van der Waals surface area contributed by atoms with Gasteiger partial charge in [0.05, 0.1) is 6.10 Å². The van der Waals surface area contributed by atoms with Crippen LogP contribution in [0.5, 0.6) is 0 Å². The first-order valence-electron chi connectivity index (χ1n) is 8.26. The van der Waals surface area contributed by atoms with Crippen LogP contribution in [0.4, 0.5) is 65.9 Å². The number of aliphatic hydroxyl groups is 1. The smallest absolute Gasteiger partial charge is 0.387 e. The maximum atomic E-state index is 13.7. The van der Waals surface area contributed by atoms with E-state index in [0.717, 1.165) is 17.4 Å². The van der Waals surface area contributed by atoms with Gasteiger partial charge < -0.3 is 10.4 Å². The molecule has 0 aliphatic rings. The molecule has 0 fully saturated rings. The Hall–Kier alpha value is -2.40. The summed E-state index contributed by atoms with van der Waals surface area (Å²) in [4.78, 5) is 11.3. The first-order valence-corrected chi connectivity index (χ1v) is 8.26. The standard InChI is InChI=1S/C16H10F15NO2/c17-10(18,9(34)32-6-8(33)7-4-2-1-3-5-7)11(19,20)12(21,22)13(23,24)14(25,26)15(27,28)16(29,30)31/h1-5,8,33H,6H2,(H,32,34)/t8-/m0/s1. The first-order chi connectivity index (χ1) is 14.9. The zero-order valence-corrected chi connectivity index (χ0v) is 15.7. The number of alkyl halides is 15. The van der Waals surface area contributed by atoms with E-state index in [1.54, 1.807) is 0 Å². The van der Waals surface area contributed by atoms with Crippen LogP contribution >= 0.6 is 0 Å². The molecule has 0 heterocycles. The van der Waals surface area contributed by atoms with Crippen LogP contribution in [0.15, 0.2) is 30.3 Å². The number of carbonyl (C=O) groups is 1. The topological polar surface area (TPSA) is 49.3 Å². The lowest BCUT2D eigenvalue weighted by molar-refractivity contribution is -0.449. The van der Waals surface area contributed by atoms with Gasteiger partial charge in [0.2, 0.25) is 0 Å². The van der Waals surface area contributed by atoms with Crippen molar-refractivity contribution in [2.75, 3.05) is 6.54 Å². The number of aliphatic hydroxyl groups excluding tert-OH is 1. The zero-order valence-electron chi connectivity index (χ0n) is 15.7. The van der Waals surface area contributed by atoms with Crippen molar-refractivity contribution >= 4 is 5.91 Å². The average molecular weight is 533 g/mol. The number of halogens is 15. The highest BCUT2D eigenvalue weighted by atomic mass is 19.4. The summed E-state index contributed by atoms with van der Waals surface area (Å²) < 4.78 is 196. The lowest BCUT2D eigenvalue weighted by Gasteiger charge is -2.41. The Morgan fingerprint density at radius 1 is 0.676 bits per heavy atom. The quantitative estimate of drug-likeness (QED) is 0.429. The van der Waals surface area contributed by atoms with Gasteiger partial charge in [-0.15, -0.1) is 0 Å². The molecule has 1 atom stereocenters. The summed E-state index contributed by atoms with van der Waals surface area (Å²) in [6.45, 7) is -1.46. The maximum Gasteiger partial charge on any atom is 0.460 e. The van der Waals surface area contributed by atoms with Crippen molar-refractivity contribution in [3.05, 3.63) is 35.9 Å². The Morgan fingerprint density at radius 3 is 1.47 bits per heavy atom. The van der Waals surface area contributed by atoms with Crippen molar-refractivity contribution in [2.24, 2.45) is 0 Å². The zero-order chi connectivity index (χ0) is 27.2. The first kappa shape index (κ1) is 29.6. The summed E-state index contributed by atoms with van der Waals surface area (Å²) in [7, 11) is 0. The molecule has 0 aromatic heterocycles. The van der Waals surface area contributed by atoms with E-state index in [1.165, 1.54) is 18.2 Å². The maximum absolute atomic E-state index is 13.7. The summed E-state index contributed by atoms with van der Waals surface area (Å²) in [5.74, 6) is -51.9. The van der Waals surface area contributed by atoms with Crippen molar-refractivity contribution in [2.45, 2.75) is 47.8 Å². The lowest BCUT2D eigenvalue weighted by Crippen LogP contribution is -2.74. The summed E-state index contributed by atoms with van der Waals surface area (Å²) >= 11 is 0. The van der Waals surface area contributed by atoms with E-state index < -0.39 is 60.3 Å². The fourth-order valence-corrected chi connectivity index (χ4v) is 2.20. The van der Waals surface area contributed by atoms with E-state index in [9.17, 15) is 75.8 Å². The molecule has 0 spiro atoms. The van der Waals surface area contributed by atoms with Gasteiger partial charge in [-0.3, -0.25) is 4.79 Å². The van der Waals surface area contributed by atoms with Crippen molar-refractivity contribution in [3.8, 4) is 0 Å². The Bertz CT molecular complexity index is 867. The molecule has 0 aliphatic heterocycles. The molecular formula is C16H10F15NO2. The molecule has 34 heavy (non-hydrogen) atoms. The van der Waals surface area contributed by atoms with E-state index in [-0.39, 0.29) is 5.56 Å². The van der Waals surface area contributed by atoms with Crippen LogP contribution in [0.1, 0.15) is 11.7 Å².